The van der Waals surface area contributed by atoms with Crippen LogP contribution in [0.5, 0.6) is 0 Å². The molecule has 0 amide bonds. The number of halogens is 3. The first kappa shape index (κ1) is 20.8. The Labute approximate surface area is 188 Å². The Morgan fingerprint density at radius 1 is 0.433 bits per heavy atom. The molecule has 0 bridgehead atoms. The number of carbonyl (C=O) groups is 3. The maximum Gasteiger partial charge on any atom is 0.167 e. The van der Waals surface area contributed by atoms with E-state index in [1.807, 2.05) is 0 Å². The fourth-order valence-electron chi connectivity index (χ4n) is 3.71. The number of carbonyl (C=O) groups excluding carboxylic acids is 3. The van der Waals surface area contributed by atoms with Gasteiger partial charge in [-0.1, -0.05) is 34.8 Å². The summed E-state index contributed by atoms with van der Waals surface area (Å²) >= 11 is 17.7. The molecule has 0 radical (unpaired) electrons. The van der Waals surface area contributed by atoms with Crippen molar-refractivity contribution in [3.05, 3.63) is 105 Å². The van der Waals surface area contributed by atoms with Crippen molar-refractivity contribution >= 4 is 52.2 Å². The summed E-state index contributed by atoms with van der Waals surface area (Å²) < 4.78 is 0. The fourth-order valence-corrected chi connectivity index (χ4v) is 4.09. The van der Waals surface area contributed by atoms with Gasteiger partial charge < -0.3 is 0 Å². The number of hydrogen-bond donors (Lipinski definition) is 0. The second kappa shape index (κ2) is 8.35. The van der Waals surface area contributed by atoms with Crippen LogP contribution in [-0.2, 0) is 0 Å². The maximum atomic E-state index is 13.1. The summed E-state index contributed by atoms with van der Waals surface area (Å²) in [6.45, 7) is 0. The van der Waals surface area contributed by atoms with Crippen LogP contribution < -0.4 is 0 Å². The van der Waals surface area contributed by atoms with Crippen molar-refractivity contribution in [3.8, 4) is 0 Å². The highest BCUT2D eigenvalue weighted by molar-refractivity contribution is 6.31. The van der Waals surface area contributed by atoms with Crippen molar-refractivity contribution in [1.29, 1.82) is 0 Å². The number of rotatable bonds is 6. The number of hydrogen-bond acceptors (Lipinski definition) is 3. The second-order valence-corrected chi connectivity index (χ2v) is 8.50. The lowest BCUT2D eigenvalue weighted by atomic mass is 10.0. The lowest BCUT2D eigenvalue weighted by Gasteiger charge is -2.01. The topological polar surface area (TPSA) is 51.2 Å². The molecule has 1 aliphatic carbocycles. The summed E-state index contributed by atoms with van der Waals surface area (Å²) in [7, 11) is 0. The third-order valence-corrected chi connectivity index (χ3v) is 6.07. The monoisotopic (exact) mass is 456 g/mol. The zero-order chi connectivity index (χ0) is 21.4. The van der Waals surface area contributed by atoms with Gasteiger partial charge in [-0.25, -0.2) is 0 Å². The quantitative estimate of drug-likeness (QED) is 0.399. The summed E-state index contributed by atoms with van der Waals surface area (Å²) in [6, 6.07) is 19.3. The Hall–Kier alpha value is -2.46. The Kier molecular flexibility index (Phi) is 5.79. The highest BCUT2D eigenvalue weighted by atomic mass is 35.5. The molecular formula is C24H15Cl3O3. The SMILES string of the molecule is O=C(c1ccc(Cl)cc1)C1C(C(=O)c2ccc(Cl)cc2)C1C(=O)c1ccc(Cl)cc1. The van der Waals surface area contributed by atoms with Crippen LogP contribution in [0.15, 0.2) is 72.8 Å². The van der Waals surface area contributed by atoms with Gasteiger partial charge in [0.05, 0.1) is 0 Å². The molecule has 0 aromatic heterocycles. The Bertz CT molecular complexity index is 968. The Morgan fingerprint density at radius 3 is 0.833 bits per heavy atom. The van der Waals surface area contributed by atoms with Crippen molar-refractivity contribution < 1.29 is 14.4 Å². The zero-order valence-corrected chi connectivity index (χ0v) is 17.8. The third-order valence-electron chi connectivity index (χ3n) is 5.31. The van der Waals surface area contributed by atoms with Gasteiger partial charge >= 0.3 is 0 Å². The van der Waals surface area contributed by atoms with E-state index in [-0.39, 0.29) is 17.3 Å². The van der Waals surface area contributed by atoms with Crippen LogP contribution in [0, 0.1) is 17.8 Å². The van der Waals surface area contributed by atoms with Crippen molar-refractivity contribution in [1.82, 2.24) is 0 Å². The summed E-state index contributed by atoms with van der Waals surface area (Å²) in [5, 5.41) is 1.51. The summed E-state index contributed by atoms with van der Waals surface area (Å²) in [5.74, 6) is -2.91. The number of Topliss-reactive ketones (excluding diaryl/α,β-unsaturated/α-hetero) is 3. The molecular weight excluding hydrogens is 443 g/mol. The van der Waals surface area contributed by atoms with Crippen LogP contribution in [0.25, 0.3) is 0 Å². The van der Waals surface area contributed by atoms with E-state index in [0.717, 1.165) is 0 Å². The molecule has 0 unspecified atom stereocenters. The van der Waals surface area contributed by atoms with Gasteiger partial charge in [0, 0.05) is 49.5 Å². The molecule has 0 spiro atoms. The first-order valence-electron chi connectivity index (χ1n) is 9.26. The molecule has 0 N–H and O–H groups in total. The predicted octanol–water partition coefficient (Wildman–Crippen LogP) is 6.46. The molecule has 3 nitrogen and oxygen atoms in total. The van der Waals surface area contributed by atoms with Gasteiger partial charge in [-0.15, -0.1) is 0 Å². The number of ketones is 3. The van der Waals surface area contributed by atoms with Crippen LogP contribution in [0.2, 0.25) is 15.1 Å². The lowest BCUT2D eigenvalue weighted by molar-refractivity contribution is 0.0906. The normalized spacial score (nSPS) is 19.9. The fraction of sp³-hybridized carbons (Fsp3) is 0.125. The van der Waals surface area contributed by atoms with E-state index in [1.165, 1.54) is 0 Å². The van der Waals surface area contributed by atoms with E-state index >= 15 is 0 Å². The lowest BCUT2D eigenvalue weighted by Crippen LogP contribution is -2.09. The highest BCUT2D eigenvalue weighted by Gasteiger charge is 2.62. The van der Waals surface area contributed by atoms with Crippen molar-refractivity contribution in [2.24, 2.45) is 17.8 Å². The highest BCUT2D eigenvalue weighted by Crippen LogP contribution is 2.52. The molecule has 0 heterocycles. The van der Waals surface area contributed by atoms with Gasteiger partial charge in [-0.3, -0.25) is 14.4 Å². The molecule has 3 aromatic rings. The van der Waals surface area contributed by atoms with Gasteiger partial charge in [-0.2, -0.15) is 0 Å². The molecule has 4 rings (SSSR count). The molecule has 30 heavy (non-hydrogen) atoms. The molecule has 150 valence electrons. The largest absolute Gasteiger partial charge is 0.294 e. The predicted molar refractivity (Wildman–Crippen MR) is 118 cm³/mol. The molecule has 1 aliphatic rings. The van der Waals surface area contributed by atoms with Gasteiger partial charge in [0.1, 0.15) is 0 Å². The van der Waals surface area contributed by atoms with Crippen LogP contribution >= 0.6 is 34.8 Å². The first-order valence-corrected chi connectivity index (χ1v) is 10.4. The minimum Gasteiger partial charge on any atom is -0.294 e. The van der Waals surface area contributed by atoms with Gasteiger partial charge in [0.15, 0.2) is 17.3 Å². The molecule has 1 fully saturated rings. The average Bonchev–Trinajstić information content (AvgIpc) is 3.49. The van der Waals surface area contributed by atoms with Crippen LogP contribution in [0.1, 0.15) is 31.1 Å². The van der Waals surface area contributed by atoms with E-state index in [4.69, 9.17) is 34.8 Å². The van der Waals surface area contributed by atoms with Gasteiger partial charge in [0.25, 0.3) is 0 Å². The third kappa shape index (κ3) is 4.06. The molecule has 3 aromatic carbocycles. The molecule has 0 saturated heterocycles. The zero-order valence-electron chi connectivity index (χ0n) is 15.5. The number of benzene rings is 3. The van der Waals surface area contributed by atoms with Crippen LogP contribution in [0.4, 0.5) is 0 Å². The maximum absolute atomic E-state index is 13.1. The van der Waals surface area contributed by atoms with Gasteiger partial charge in [-0.05, 0) is 72.8 Å². The Morgan fingerprint density at radius 2 is 0.633 bits per heavy atom. The standard InChI is InChI=1S/C24H15Cl3O3/c25-16-7-1-13(2-8-16)22(28)19-20(23(29)14-3-9-17(26)10-4-14)21(19)24(30)15-5-11-18(27)12-6-15/h1-12,19-21H. The van der Waals surface area contributed by atoms with Gasteiger partial charge in [0.2, 0.25) is 0 Å². The second-order valence-electron chi connectivity index (χ2n) is 7.19. The van der Waals surface area contributed by atoms with Crippen molar-refractivity contribution in [2.75, 3.05) is 0 Å². The first-order chi connectivity index (χ1) is 14.4. The molecule has 0 atom stereocenters. The van der Waals surface area contributed by atoms with E-state index in [2.05, 4.69) is 0 Å². The minimum atomic E-state index is -0.725. The summed E-state index contributed by atoms with van der Waals surface area (Å²) in [5.41, 5.74) is 1.26. The average molecular weight is 458 g/mol. The van der Waals surface area contributed by atoms with Crippen LogP contribution in [0.3, 0.4) is 0 Å². The van der Waals surface area contributed by atoms with Crippen molar-refractivity contribution in [3.63, 3.8) is 0 Å². The van der Waals surface area contributed by atoms with E-state index in [9.17, 15) is 14.4 Å². The van der Waals surface area contributed by atoms with E-state index < -0.39 is 17.8 Å². The summed E-state index contributed by atoms with van der Waals surface area (Å²) in [4.78, 5) is 39.4. The van der Waals surface area contributed by atoms with Crippen molar-refractivity contribution in [2.45, 2.75) is 0 Å². The van der Waals surface area contributed by atoms with E-state index in [1.54, 1.807) is 72.8 Å². The van der Waals surface area contributed by atoms with E-state index in [0.29, 0.717) is 31.8 Å². The smallest absolute Gasteiger partial charge is 0.167 e. The van der Waals surface area contributed by atoms with Crippen LogP contribution in [-0.4, -0.2) is 17.3 Å². The molecule has 0 aliphatic heterocycles. The molecule has 6 heteroatoms. The Balaban J connectivity index is 1.67. The molecule has 1 saturated carbocycles. The minimum absolute atomic E-state index is 0.244. The summed E-state index contributed by atoms with van der Waals surface area (Å²) in [6.07, 6.45) is 0.